The van der Waals surface area contributed by atoms with Gasteiger partial charge in [0.05, 0.1) is 16.5 Å². The van der Waals surface area contributed by atoms with Gasteiger partial charge in [-0.15, -0.1) is 11.3 Å². The third-order valence-electron chi connectivity index (χ3n) is 15.5. The minimum absolute atomic E-state index is 0.178. The van der Waals surface area contributed by atoms with Gasteiger partial charge in [0.1, 0.15) is 11.2 Å². The first-order valence-electron chi connectivity index (χ1n) is 23.3. The topological polar surface area (TPSA) is 16.4 Å². The lowest BCUT2D eigenvalue weighted by Gasteiger charge is -2.36. The van der Waals surface area contributed by atoms with Crippen LogP contribution in [0.3, 0.4) is 0 Å². The first-order chi connectivity index (χ1) is 33.0. The third-order valence-corrected chi connectivity index (χ3v) is 16.7. The fourth-order valence-corrected chi connectivity index (χ4v) is 13.9. The maximum absolute atomic E-state index is 6.64. The van der Waals surface area contributed by atoms with Crippen LogP contribution in [-0.4, -0.2) is 0 Å². The van der Waals surface area contributed by atoms with Gasteiger partial charge in [-0.25, -0.2) is 0 Å². The molecule has 0 radical (unpaired) electrons. The fraction of sp³-hybridized carbons (Fsp3) is 0.0625. The highest BCUT2D eigenvalue weighted by Gasteiger charge is 2.51. The number of fused-ring (bicyclic) bond motifs is 22. The normalized spacial score (nSPS) is 15.8. The van der Waals surface area contributed by atoms with E-state index in [0.29, 0.717) is 0 Å². The summed E-state index contributed by atoms with van der Waals surface area (Å²) in [7, 11) is 0. The predicted octanol–water partition coefficient (Wildman–Crippen LogP) is 17.7. The summed E-state index contributed by atoms with van der Waals surface area (Å²) in [6.45, 7) is 4.75. The smallest absolute Gasteiger partial charge is 0.137 e. The molecule has 1 spiro atoms. The van der Waals surface area contributed by atoms with Gasteiger partial charge in [0.2, 0.25) is 0 Å². The Morgan fingerprint density at radius 1 is 0.388 bits per heavy atom. The molecule has 314 valence electrons. The van der Waals surface area contributed by atoms with E-state index >= 15 is 0 Å². The summed E-state index contributed by atoms with van der Waals surface area (Å²) in [6, 6.07) is 79.8. The molecule has 2 heterocycles. The Hall–Kier alpha value is -7.98. The molecule has 0 bridgehead atoms. The minimum Gasteiger partial charge on any atom is -0.456 e. The number of para-hydroxylation sites is 1. The van der Waals surface area contributed by atoms with Crippen LogP contribution in [0.15, 0.2) is 217 Å². The van der Waals surface area contributed by atoms with Crippen LogP contribution in [0.4, 0.5) is 17.1 Å². The molecule has 0 fully saturated rings. The monoisotopic (exact) mass is 871 g/mol. The Morgan fingerprint density at radius 3 is 1.70 bits per heavy atom. The van der Waals surface area contributed by atoms with E-state index in [0.717, 1.165) is 39.0 Å². The van der Waals surface area contributed by atoms with E-state index in [9.17, 15) is 0 Å². The van der Waals surface area contributed by atoms with Crippen LogP contribution in [0, 0.1) is 0 Å². The molecule has 1 unspecified atom stereocenters. The van der Waals surface area contributed by atoms with E-state index < -0.39 is 5.41 Å². The summed E-state index contributed by atoms with van der Waals surface area (Å²) in [4.78, 5) is 2.51. The van der Waals surface area contributed by atoms with Gasteiger partial charge in [-0.1, -0.05) is 178 Å². The number of nitrogens with zero attached hydrogens (tertiary/aromatic N) is 1. The van der Waals surface area contributed by atoms with Gasteiger partial charge in [-0.05, 0) is 121 Å². The molecule has 0 N–H and O–H groups in total. The van der Waals surface area contributed by atoms with Crippen molar-refractivity contribution in [1.29, 1.82) is 0 Å². The summed E-state index contributed by atoms with van der Waals surface area (Å²) >= 11 is 1.93. The van der Waals surface area contributed by atoms with Crippen LogP contribution in [0.2, 0.25) is 0 Å². The van der Waals surface area contributed by atoms with E-state index in [1.165, 1.54) is 98.1 Å². The molecule has 2 nitrogen and oxygen atoms in total. The average molecular weight is 872 g/mol. The zero-order chi connectivity index (χ0) is 44.2. The third kappa shape index (κ3) is 4.79. The van der Waals surface area contributed by atoms with Crippen LogP contribution in [0.1, 0.15) is 47.2 Å². The van der Waals surface area contributed by atoms with Crippen molar-refractivity contribution >= 4 is 70.5 Å². The molecule has 1 atom stereocenters. The molecule has 0 saturated heterocycles. The molecule has 0 amide bonds. The van der Waals surface area contributed by atoms with Crippen molar-refractivity contribution in [3.63, 3.8) is 0 Å². The van der Waals surface area contributed by atoms with Crippen LogP contribution in [0.5, 0.6) is 0 Å². The van der Waals surface area contributed by atoms with Gasteiger partial charge in [0.25, 0.3) is 0 Å². The second-order valence-corrected chi connectivity index (χ2v) is 20.1. The van der Waals surface area contributed by atoms with Crippen molar-refractivity contribution in [1.82, 2.24) is 0 Å². The summed E-state index contributed by atoms with van der Waals surface area (Å²) in [5.74, 6) is 0. The van der Waals surface area contributed by atoms with E-state index in [2.05, 4.69) is 231 Å². The molecule has 2 aromatic heterocycles. The predicted molar refractivity (Wildman–Crippen MR) is 281 cm³/mol. The van der Waals surface area contributed by atoms with Gasteiger partial charge in [-0.2, -0.15) is 0 Å². The van der Waals surface area contributed by atoms with Crippen LogP contribution < -0.4 is 4.90 Å². The van der Waals surface area contributed by atoms with Gasteiger partial charge >= 0.3 is 0 Å². The summed E-state index contributed by atoms with van der Waals surface area (Å²) in [5.41, 5.74) is 22.4. The van der Waals surface area contributed by atoms with E-state index in [4.69, 9.17) is 4.42 Å². The molecule has 3 aliphatic rings. The number of hydrogen-bond donors (Lipinski definition) is 0. The Bertz CT molecular complexity index is 4110. The summed E-state index contributed by atoms with van der Waals surface area (Å²) in [6.07, 6.45) is 0. The molecule has 0 saturated carbocycles. The zero-order valence-corrected chi connectivity index (χ0v) is 37.8. The molecule has 0 aliphatic heterocycles. The Labute approximate surface area is 392 Å². The Morgan fingerprint density at radius 2 is 0.940 bits per heavy atom. The first kappa shape index (κ1) is 37.3. The number of thiophene rings is 1. The molecule has 10 aromatic carbocycles. The minimum atomic E-state index is -0.654. The van der Waals surface area contributed by atoms with Crippen LogP contribution in [0.25, 0.3) is 86.6 Å². The van der Waals surface area contributed by atoms with E-state index in [1.807, 2.05) is 11.3 Å². The standard InChI is InChI=1S/C64H41NOS/c1-63(2)50-23-10-5-19-43(50)45-33-31-38(36-54(45)63)65(56-26-15-28-58-61(56)49-22-8-13-27-57(49)66-58)39-30-32-44-41-17-4-3-16-40(41)42-18-6-11-24-51(42)64(55(44)37-39)52-25-12-7-21-48(52)60-53(64)35-34-47-46-20-9-14-29-59(46)67-62(47)60/h3-37H,1-2H3. The van der Waals surface area contributed by atoms with E-state index in [1.54, 1.807) is 0 Å². The molecular formula is C64H41NOS. The van der Waals surface area contributed by atoms with Gasteiger partial charge in [-0.3, -0.25) is 0 Å². The lowest BCUT2D eigenvalue weighted by atomic mass is 9.65. The number of rotatable bonds is 3. The number of benzene rings is 10. The quantitative estimate of drug-likeness (QED) is 0.176. The highest BCUT2D eigenvalue weighted by atomic mass is 32.1. The maximum Gasteiger partial charge on any atom is 0.137 e. The second-order valence-electron chi connectivity index (χ2n) is 19.1. The molecule has 67 heavy (non-hydrogen) atoms. The van der Waals surface area contributed by atoms with Gasteiger partial charge in [0.15, 0.2) is 0 Å². The molecule has 3 heteroatoms. The zero-order valence-electron chi connectivity index (χ0n) is 37.0. The molecular weight excluding hydrogens is 831 g/mol. The fourth-order valence-electron chi connectivity index (χ4n) is 12.7. The van der Waals surface area contributed by atoms with Crippen LogP contribution in [-0.2, 0) is 10.8 Å². The highest BCUT2D eigenvalue weighted by Crippen LogP contribution is 2.64. The van der Waals surface area contributed by atoms with Crippen LogP contribution >= 0.6 is 11.3 Å². The SMILES string of the molecule is CC1(C)c2ccccc2-c2ccc(N(c3ccc4c(c3)C3(c5ccccc5-c5ccccc5-4)c4ccccc4-c4c3ccc3c4sc4ccccc43)c3cccc4oc5ccccc5c34)cc21. The molecule has 15 rings (SSSR count). The average Bonchev–Trinajstić information content (AvgIpc) is 4.08. The van der Waals surface area contributed by atoms with Gasteiger partial charge in [0, 0.05) is 47.9 Å². The van der Waals surface area contributed by atoms with Crippen molar-refractivity contribution in [3.8, 4) is 44.5 Å². The molecule has 12 aromatic rings. The molecule has 3 aliphatic carbocycles. The summed E-state index contributed by atoms with van der Waals surface area (Å²) < 4.78 is 9.30. The maximum atomic E-state index is 6.64. The number of anilines is 3. The van der Waals surface area contributed by atoms with Crippen molar-refractivity contribution in [3.05, 3.63) is 246 Å². The Kier molecular flexibility index (Phi) is 7.41. The summed E-state index contributed by atoms with van der Waals surface area (Å²) in [5, 5.41) is 4.84. The van der Waals surface area contributed by atoms with Crippen molar-refractivity contribution in [2.45, 2.75) is 24.7 Å². The lowest BCUT2D eigenvalue weighted by molar-refractivity contribution is 0.660. The largest absolute Gasteiger partial charge is 0.456 e. The van der Waals surface area contributed by atoms with Crippen molar-refractivity contribution in [2.75, 3.05) is 4.90 Å². The van der Waals surface area contributed by atoms with Crippen molar-refractivity contribution in [2.24, 2.45) is 0 Å². The highest BCUT2D eigenvalue weighted by molar-refractivity contribution is 7.26. The second kappa shape index (κ2) is 13.3. The van der Waals surface area contributed by atoms with Gasteiger partial charge < -0.3 is 9.32 Å². The Balaban J connectivity index is 1.08. The van der Waals surface area contributed by atoms with E-state index in [-0.39, 0.29) is 5.41 Å². The number of furan rings is 1. The number of hydrogen-bond acceptors (Lipinski definition) is 3. The van der Waals surface area contributed by atoms with Crippen molar-refractivity contribution < 1.29 is 4.42 Å². The first-order valence-corrected chi connectivity index (χ1v) is 24.1. The lowest BCUT2D eigenvalue weighted by Crippen LogP contribution is -2.29.